The smallest absolute Gasteiger partial charge is 0.254 e. The van der Waals surface area contributed by atoms with E-state index in [1.165, 1.54) is 17.0 Å². The van der Waals surface area contributed by atoms with E-state index in [0.29, 0.717) is 11.4 Å². The van der Waals surface area contributed by atoms with Crippen LogP contribution < -0.4 is 10.9 Å². The maximum Gasteiger partial charge on any atom is 0.254 e. The van der Waals surface area contributed by atoms with Crippen molar-refractivity contribution in [2.45, 2.75) is 13.5 Å². The Bertz CT molecular complexity index is 1430. The van der Waals surface area contributed by atoms with E-state index in [9.17, 15) is 9.59 Å². The Hall–Kier alpha value is -4.04. The number of aromatic nitrogens is 4. The number of imidazole rings is 1. The number of carbonyl (C=O) groups is 1. The van der Waals surface area contributed by atoms with E-state index in [4.69, 9.17) is 0 Å². The molecule has 5 rings (SSSR count). The molecule has 32 heavy (non-hydrogen) atoms. The molecular weight excluding hydrogens is 422 g/mol. The van der Waals surface area contributed by atoms with Gasteiger partial charge in [-0.2, -0.15) is 0 Å². The number of nitrogens with zero attached hydrogens (tertiary/aromatic N) is 4. The summed E-state index contributed by atoms with van der Waals surface area (Å²) >= 11 is 1.58. The average Bonchev–Trinajstić information content (AvgIpc) is 3.39. The number of hydrogen-bond donors (Lipinski definition) is 1. The molecule has 0 atom stereocenters. The Morgan fingerprint density at radius 1 is 1.03 bits per heavy atom. The summed E-state index contributed by atoms with van der Waals surface area (Å²) in [6, 6.07) is 16.7. The molecule has 0 spiro atoms. The first kappa shape index (κ1) is 19.9. The maximum absolute atomic E-state index is 12.5. The van der Waals surface area contributed by atoms with Gasteiger partial charge in [-0.05, 0) is 19.1 Å². The molecule has 0 aliphatic heterocycles. The molecular formula is C24H19N5O2S. The number of carbonyl (C=O) groups excluding carboxylic acids is 1. The van der Waals surface area contributed by atoms with Crippen LogP contribution in [-0.4, -0.2) is 24.8 Å². The van der Waals surface area contributed by atoms with Crippen LogP contribution >= 0.6 is 11.3 Å². The first-order chi connectivity index (χ1) is 15.5. The SMILES string of the molecule is Cc1ccc(-c2cc(=O)n(CC(=O)Nc3ccc(-c4cn5ccsc5n4)cc3)cn2)cc1. The average molecular weight is 442 g/mol. The Labute approximate surface area is 187 Å². The molecule has 0 fully saturated rings. The summed E-state index contributed by atoms with van der Waals surface area (Å²) in [5.41, 5.74) is 4.80. The van der Waals surface area contributed by atoms with Gasteiger partial charge in [0.2, 0.25) is 5.91 Å². The van der Waals surface area contributed by atoms with Crippen molar-refractivity contribution in [2.75, 3.05) is 5.32 Å². The van der Waals surface area contributed by atoms with E-state index in [1.807, 2.05) is 77.6 Å². The molecule has 7 nitrogen and oxygen atoms in total. The molecule has 0 saturated carbocycles. The van der Waals surface area contributed by atoms with Crippen LogP contribution in [0.3, 0.4) is 0 Å². The summed E-state index contributed by atoms with van der Waals surface area (Å²) in [5.74, 6) is -0.299. The molecule has 8 heteroatoms. The zero-order valence-electron chi connectivity index (χ0n) is 17.2. The van der Waals surface area contributed by atoms with Crippen molar-refractivity contribution in [3.63, 3.8) is 0 Å². The summed E-state index contributed by atoms with van der Waals surface area (Å²) in [7, 11) is 0. The molecule has 2 aromatic carbocycles. The fourth-order valence-corrected chi connectivity index (χ4v) is 4.07. The number of rotatable bonds is 5. The second-order valence-corrected chi connectivity index (χ2v) is 8.32. The lowest BCUT2D eigenvalue weighted by atomic mass is 10.1. The molecule has 158 valence electrons. The largest absolute Gasteiger partial charge is 0.325 e. The normalized spacial score (nSPS) is 11.0. The molecule has 0 radical (unpaired) electrons. The third-order valence-electron chi connectivity index (χ3n) is 5.10. The minimum Gasteiger partial charge on any atom is -0.325 e. The monoisotopic (exact) mass is 441 g/mol. The quantitative estimate of drug-likeness (QED) is 0.442. The maximum atomic E-state index is 12.5. The molecule has 0 aliphatic rings. The van der Waals surface area contributed by atoms with Gasteiger partial charge in [0.05, 0.1) is 17.7 Å². The van der Waals surface area contributed by atoms with Crippen LogP contribution in [0.25, 0.3) is 27.5 Å². The molecule has 0 bridgehead atoms. The predicted octanol–water partition coefficient (Wildman–Crippen LogP) is 4.23. The summed E-state index contributed by atoms with van der Waals surface area (Å²) in [6.45, 7) is 1.89. The van der Waals surface area contributed by atoms with Gasteiger partial charge in [-0.1, -0.05) is 42.0 Å². The Morgan fingerprint density at radius 2 is 1.75 bits per heavy atom. The van der Waals surface area contributed by atoms with Crippen LogP contribution in [0.4, 0.5) is 5.69 Å². The zero-order valence-corrected chi connectivity index (χ0v) is 18.0. The van der Waals surface area contributed by atoms with Gasteiger partial charge in [0.1, 0.15) is 6.54 Å². The third kappa shape index (κ3) is 4.08. The summed E-state index contributed by atoms with van der Waals surface area (Å²) < 4.78 is 3.27. The van der Waals surface area contributed by atoms with Crippen LogP contribution in [0.15, 0.2) is 83.5 Å². The third-order valence-corrected chi connectivity index (χ3v) is 5.87. The highest BCUT2D eigenvalue weighted by molar-refractivity contribution is 7.15. The van der Waals surface area contributed by atoms with Gasteiger partial charge in [-0.15, -0.1) is 11.3 Å². The van der Waals surface area contributed by atoms with Crippen molar-refractivity contribution in [1.29, 1.82) is 0 Å². The van der Waals surface area contributed by atoms with Crippen molar-refractivity contribution in [2.24, 2.45) is 0 Å². The summed E-state index contributed by atoms with van der Waals surface area (Å²) in [5, 5.41) is 4.81. The molecule has 3 heterocycles. The van der Waals surface area contributed by atoms with Crippen molar-refractivity contribution in [3.8, 4) is 22.5 Å². The number of anilines is 1. The van der Waals surface area contributed by atoms with Gasteiger partial charge < -0.3 is 5.32 Å². The molecule has 0 saturated heterocycles. The lowest BCUT2D eigenvalue weighted by Gasteiger charge is -2.08. The highest BCUT2D eigenvalue weighted by Gasteiger charge is 2.09. The second-order valence-electron chi connectivity index (χ2n) is 7.45. The number of hydrogen-bond acceptors (Lipinski definition) is 5. The highest BCUT2D eigenvalue weighted by atomic mass is 32.1. The molecule has 3 aromatic heterocycles. The van der Waals surface area contributed by atoms with Crippen LogP contribution in [0.5, 0.6) is 0 Å². The fourth-order valence-electron chi connectivity index (χ4n) is 3.37. The first-order valence-corrected chi connectivity index (χ1v) is 10.9. The minimum absolute atomic E-state index is 0.112. The molecule has 0 unspecified atom stereocenters. The Kier molecular flexibility index (Phi) is 5.12. The van der Waals surface area contributed by atoms with Crippen LogP contribution in [0.1, 0.15) is 5.56 Å². The number of benzene rings is 2. The lowest BCUT2D eigenvalue weighted by Crippen LogP contribution is -2.27. The topological polar surface area (TPSA) is 81.3 Å². The van der Waals surface area contributed by atoms with E-state index < -0.39 is 0 Å². The van der Waals surface area contributed by atoms with Gasteiger partial charge in [0.15, 0.2) is 4.96 Å². The van der Waals surface area contributed by atoms with E-state index in [0.717, 1.165) is 27.3 Å². The zero-order chi connectivity index (χ0) is 22.1. The van der Waals surface area contributed by atoms with Crippen molar-refractivity contribution in [1.82, 2.24) is 18.9 Å². The lowest BCUT2D eigenvalue weighted by molar-refractivity contribution is -0.116. The minimum atomic E-state index is -0.299. The van der Waals surface area contributed by atoms with Gasteiger partial charge in [-0.25, -0.2) is 9.97 Å². The van der Waals surface area contributed by atoms with E-state index in [1.54, 1.807) is 11.3 Å². The van der Waals surface area contributed by atoms with E-state index in [2.05, 4.69) is 15.3 Å². The predicted molar refractivity (Wildman–Crippen MR) is 126 cm³/mol. The number of nitrogens with one attached hydrogen (secondary N) is 1. The number of aryl methyl sites for hydroxylation is 1. The molecule has 1 amide bonds. The van der Waals surface area contributed by atoms with Crippen molar-refractivity contribution < 1.29 is 4.79 Å². The van der Waals surface area contributed by atoms with E-state index in [-0.39, 0.29) is 18.0 Å². The molecule has 1 N–H and O–H groups in total. The van der Waals surface area contributed by atoms with Gasteiger partial charge in [-0.3, -0.25) is 18.6 Å². The standard InChI is InChI=1S/C24H19N5O2S/c1-16-2-4-17(5-3-16)20-12-23(31)29(15-25-20)14-22(30)26-19-8-6-18(7-9-19)21-13-28-10-11-32-24(28)27-21/h2-13,15H,14H2,1H3,(H,26,30). The second kappa shape index (κ2) is 8.24. The van der Waals surface area contributed by atoms with Crippen LogP contribution in [-0.2, 0) is 11.3 Å². The number of amides is 1. The van der Waals surface area contributed by atoms with Crippen molar-refractivity contribution in [3.05, 3.63) is 94.6 Å². The van der Waals surface area contributed by atoms with E-state index >= 15 is 0 Å². The fraction of sp³-hybridized carbons (Fsp3) is 0.0833. The summed E-state index contributed by atoms with van der Waals surface area (Å²) in [4.78, 5) is 34.8. The van der Waals surface area contributed by atoms with Crippen LogP contribution in [0, 0.1) is 6.92 Å². The molecule has 5 aromatic rings. The number of fused-ring (bicyclic) bond motifs is 1. The first-order valence-electron chi connectivity index (χ1n) is 10.0. The number of thiazole rings is 1. The van der Waals surface area contributed by atoms with Gasteiger partial charge >= 0.3 is 0 Å². The Morgan fingerprint density at radius 3 is 2.47 bits per heavy atom. The van der Waals surface area contributed by atoms with Gasteiger partial charge in [0.25, 0.3) is 5.56 Å². The van der Waals surface area contributed by atoms with Crippen molar-refractivity contribution >= 4 is 27.9 Å². The van der Waals surface area contributed by atoms with Crippen LogP contribution in [0.2, 0.25) is 0 Å². The Balaban J connectivity index is 1.25. The molecule has 0 aliphatic carbocycles. The van der Waals surface area contributed by atoms with Gasteiger partial charge in [0, 0.05) is 40.7 Å². The summed E-state index contributed by atoms with van der Waals surface area (Å²) in [6.07, 6.45) is 5.35. The highest BCUT2D eigenvalue weighted by Crippen LogP contribution is 2.23.